The van der Waals surface area contributed by atoms with Gasteiger partial charge in [0.05, 0.1) is 28.6 Å². The zero-order valence-corrected chi connectivity index (χ0v) is 26.5. The predicted octanol–water partition coefficient (Wildman–Crippen LogP) is 3.41. The van der Waals surface area contributed by atoms with E-state index in [2.05, 4.69) is 36.6 Å². The first-order valence-electron chi connectivity index (χ1n) is 10.3. The number of nitrogens with one attached hydrogen (secondary N) is 1. The summed E-state index contributed by atoms with van der Waals surface area (Å²) in [5.41, 5.74) is 3.16. The Bertz CT molecular complexity index is 1400. The molecule has 19 heteroatoms. The number of nitro benzene ring substituents is 2. The van der Waals surface area contributed by atoms with Gasteiger partial charge in [-0.25, -0.2) is 21.6 Å². The van der Waals surface area contributed by atoms with Crippen molar-refractivity contribution < 1.29 is 36.9 Å². The number of nitrogens with two attached hydrogens (primary N) is 1. The molecule has 0 saturated heterocycles. The van der Waals surface area contributed by atoms with Gasteiger partial charge in [-0.05, 0) is 71.7 Å². The van der Waals surface area contributed by atoms with Crippen LogP contribution in [0, 0.1) is 20.2 Å². The Kier molecular flexibility index (Phi) is 14.1. The summed E-state index contributed by atoms with van der Waals surface area (Å²) >= 11 is 5.97. The second-order valence-electron chi connectivity index (χ2n) is 8.98. The minimum atomic E-state index is -3.98. The number of hydrogen-bond acceptors (Lipinski definition) is 11. The molecule has 2 rings (SSSR count). The normalized spacial score (nSPS) is 11.9. The monoisotopic (exact) mass is 740 g/mol. The summed E-state index contributed by atoms with van der Waals surface area (Å²) in [6.45, 7) is 6.18. The molecule has 0 aliphatic heterocycles. The SMILES string of the molecule is CC(C)(CO)NS(=O)(=O)c1cc([N+](=O)[O-])ccc1Br.CC(C)(N)CO.O=[N+]([O-])c1ccc(Br)c(S(=O)(=O)Cl)c1. The third kappa shape index (κ3) is 13.4. The molecule has 0 aromatic heterocycles. The van der Waals surface area contributed by atoms with Crippen molar-refractivity contribution in [2.45, 2.75) is 48.6 Å². The van der Waals surface area contributed by atoms with Crippen LogP contribution in [-0.4, -0.2) is 61.2 Å². The molecule has 0 aliphatic rings. The van der Waals surface area contributed by atoms with Gasteiger partial charge in [0, 0.05) is 49.4 Å². The molecule has 0 unspecified atom stereocenters. The third-order valence-electron chi connectivity index (χ3n) is 4.02. The summed E-state index contributed by atoms with van der Waals surface area (Å²) in [5, 5.41) is 38.4. The fraction of sp³-hybridized carbons (Fsp3) is 0.400. The van der Waals surface area contributed by atoms with Gasteiger partial charge >= 0.3 is 0 Å². The second kappa shape index (κ2) is 14.7. The summed E-state index contributed by atoms with van der Waals surface area (Å²) in [4.78, 5) is 19.1. The topological polar surface area (TPSA) is 233 Å². The van der Waals surface area contributed by atoms with Gasteiger partial charge in [-0.3, -0.25) is 20.2 Å². The van der Waals surface area contributed by atoms with Gasteiger partial charge in [0.1, 0.15) is 9.79 Å². The maximum absolute atomic E-state index is 12.1. The Labute approximate surface area is 246 Å². The van der Waals surface area contributed by atoms with Crippen LogP contribution in [-0.2, 0) is 19.1 Å². The average Bonchev–Trinajstić information content (AvgIpc) is 2.78. The first-order valence-corrected chi connectivity index (χ1v) is 15.7. The molecule has 0 amide bonds. The Morgan fingerprint density at radius 1 is 0.872 bits per heavy atom. The van der Waals surface area contributed by atoms with Crippen molar-refractivity contribution in [1.29, 1.82) is 0 Å². The molecule has 0 radical (unpaired) electrons. The van der Waals surface area contributed by atoms with Crippen LogP contribution in [0.1, 0.15) is 27.7 Å². The van der Waals surface area contributed by atoms with E-state index in [0.717, 1.165) is 12.1 Å². The van der Waals surface area contributed by atoms with E-state index in [1.165, 1.54) is 38.1 Å². The summed E-state index contributed by atoms with van der Waals surface area (Å²) in [5.74, 6) is 0. The molecular weight excluding hydrogens is 716 g/mol. The minimum absolute atomic E-state index is 0.0486. The largest absolute Gasteiger partial charge is 0.394 e. The van der Waals surface area contributed by atoms with Crippen molar-refractivity contribution in [3.63, 3.8) is 0 Å². The lowest BCUT2D eigenvalue weighted by molar-refractivity contribution is -0.385. The Balaban J connectivity index is 0.000000631. The molecular formula is C20H27Br2ClN4O10S2. The van der Waals surface area contributed by atoms with Crippen molar-refractivity contribution >= 4 is 73.0 Å². The number of aliphatic hydroxyl groups is 2. The number of sulfonamides is 1. The van der Waals surface area contributed by atoms with Gasteiger partial charge in [0.15, 0.2) is 0 Å². The smallest absolute Gasteiger partial charge is 0.270 e. The first-order chi connectivity index (χ1) is 17.5. The highest BCUT2D eigenvalue weighted by Gasteiger charge is 2.28. The molecule has 5 N–H and O–H groups in total. The van der Waals surface area contributed by atoms with Crippen LogP contribution in [0.3, 0.4) is 0 Å². The Morgan fingerprint density at radius 2 is 1.23 bits per heavy atom. The Hall–Kier alpha value is -1.77. The van der Waals surface area contributed by atoms with Crippen LogP contribution in [0.25, 0.3) is 0 Å². The quantitative estimate of drug-likeness (QED) is 0.174. The second-order valence-corrected chi connectivity index (χ2v) is 14.9. The van der Waals surface area contributed by atoms with Gasteiger partial charge in [-0.1, -0.05) is 0 Å². The van der Waals surface area contributed by atoms with Gasteiger partial charge in [-0.15, -0.1) is 0 Å². The molecule has 220 valence electrons. The lowest BCUT2D eigenvalue weighted by Crippen LogP contribution is -2.46. The van der Waals surface area contributed by atoms with Crippen molar-refractivity contribution in [3.8, 4) is 0 Å². The molecule has 0 heterocycles. The molecule has 2 aromatic rings. The number of rotatable bonds is 8. The molecule has 2 aromatic carbocycles. The number of hydrogen-bond donors (Lipinski definition) is 4. The maximum atomic E-state index is 12.1. The molecule has 14 nitrogen and oxygen atoms in total. The van der Waals surface area contributed by atoms with Crippen LogP contribution in [0.4, 0.5) is 11.4 Å². The van der Waals surface area contributed by atoms with Gasteiger partial charge in [-0.2, -0.15) is 0 Å². The fourth-order valence-corrected chi connectivity index (χ4v) is 6.55. The van der Waals surface area contributed by atoms with E-state index >= 15 is 0 Å². The van der Waals surface area contributed by atoms with E-state index in [1.54, 1.807) is 13.8 Å². The standard InChI is InChI=1S/C10H13BrN2O5S.C6H3BrClNO4S.C4H11NO/c1-10(2,6-14)12-19(17,18)9-5-7(13(15)16)3-4-8(9)11;7-5-2-1-4(9(10)11)3-6(5)14(8,12)13;1-4(2,5)3-6/h3-5,12,14H,6H2,1-2H3;1-3H;6H,3,5H2,1-2H3. The van der Waals surface area contributed by atoms with Crippen LogP contribution in [0.2, 0.25) is 0 Å². The van der Waals surface area contributed by atoms with E-state index < -0.39 is 46.6 Å². The number of nitro groups is 2. The summed E-state index contributed by atoms with van der Waals surface area (Å²) in [6, 6.07) is 6.77. The predicted molar refractivity (Wildman–Crippen MR) is 151 cm³/mol. The minimum Gasteiger partial charge on any atom is -0.394 e. The molecule has 0 aliphatic carbocycles. The highest BCUT2D eigenvalue weighted by molar-refractivity contribution is 9.10. The van der Waals surface area contributed by atoms with Crippen molar-refractivity contribution in [2.75, 3.05) is 13.2 Å². The highest BCUT2D eigenvalue weighted by atomic mass is 79.9. The molecule has 0 saturated carbocycles. The molecule has 0 fully saturated rings. The van der Waals surface area contributed by atoms with Crippen molar-refractivity contribution in [1.82, 2.24) is 4.72 Å². The summed E-state index contributed by atoms with van der Waals surface area (Å²) in [6.07, 6.45) is 0. The van der Waals surface area contributed by atoms with E-state index in [-0.39, 0.29) is 36.7 Å². The average molecular weight is 743 g/mol. The van der Waals surface area contributed by atoms with E-state index in [4.69, 9.17) is 26.6 Å². The Morgan fingerprint density at radius 3 is 1.54 bits per heavy atom. The van der Waals surface area contributed by atoms with Crippen LogP contribution >= 0.6 is 42.5 Å². The number of halogens is 3. The van der Waals surface area contributed by atoms with Crippen LogP contribution in [0.15, 0.2) is 55.1 Å². The van der Waals surface area contributed by atoms with E-state index in [0.29, 0.717) is 0 Å². The van der Waals surface area contributed by atoms with Crippen LogP contribution in [0.5, 0.6) is 0 Å². The fourth-order valence-electron chi connectivity index (χ4n) is 2.05. The number of aliphatic hydroxyl groups excluding tert-OH is 2. The van der Waals surface area contributed by atoms with Gasteiger partial charge in [0.2, 0.25) is 10.0 Å². The van der Waals surface area contributed by atoms with Crippen LogP contribution < -0.4 is 10.5 Å². The molecule has 0 spiro atoms. The first kappa shape index (κ1) is 37.2. The van der Waals surface area contributed by atoms with Gasteiger partial charge in [0.25, 0.3) is 20.4 Å². The summed E-state index contributed by atoms with van der Waals surface area (Å²) in [7, 11) is -2.89. The number of benzene rings is 2. The zero-order valence-electron chi connectivity index (χ0n) is 21.0. The number of non-ortho nitro benzene ring substituents is 2. The third-order valence-corrected chi connectivity index (χ3v) is 9.02. The van der Waals surface area contributed by atoms with Crippen molar-refractivity contribution in [3.05, 3.63) is 65.6 Å². The molecule has 0 bridgehead atoms. The van der Waals surface area contributed by atoms with E-state index in [1.807, 2.05) is 0 Å². The summed E-state index contributed by atoms with van der Waals surface area (Å²) < 4.78 is 48.8. The van der Waals surface area contributed by atoms with Gasteiger partial charge < -0.3 is 15.9 Å². The van der Waals surface area contributed by atoms with E-state index in [9.17, 15) is 37.1 Å². The zero-order chi connectivity index (χ0) is 31.0. The molecule has 0 atom stereocenters. The highest BCUT2D eigenvalue weighted by Crippen LogP contribution is 2.29. The molecule has 39 heavy (non-hydrogen) atoms. The van der Waals surface area contributed by atoms with Crippen molar-refractivity contribution in [2.24, 2.45) is 5.73 Å². The lowest BCUT2D eigenvalue weighted by atomic mass is 10.1. The lowest BCUT2D eigenvalue weighted by Gasteiger charge is -2.23. The number of nitrogens with zero attached hydrogens (tertiary/aromatic N) is 2. The maximum Gasteiger partial charge on any atom is 0.270 e.